The summed E-state index contributed by atoms with van der Waals surface area (Å²) in [6.07, 6.45) is 0. The predicted octanol–water partition coefficient (Wildman–Crippen LogP) is 3.43. The molecule has 0 unspecified atom stereocenters. The molecule has 2 aromatic rings. The molecular weight excluding hydrogens is 291 g/mol. The number of carbonyl (C=O) groups is 1. The zero-order valence-corrected chi connectivity index (χ0v) is 12.3. The van der Waals surface area contributed by atoms with Gasteiger partial charge in [0.1, 0.15) is 5.82 Å². The molecule has 2 rings (SSSR count). The maximum absolute atomic E-state index is 13.2. The lowest BCUT2D eigenvalue weighted by Crippen LogP contribution is -2.18. The van der Waals surface area contributed by atoms with Gasteiger partial charge in [-0.25, -0.2) is 4.39 Å². The van der Waals surface area contributed by atoms with Gasteiger partial charge in [0.05, 0.1) is 0 Å². The molecule has 110 valence electrons. The normalized spacial score (nSPS) is 12.1. The Kier molecular flexibility index (Phi) is 4.94. The summed E-state index contributed by atoms with van der Waals surface area (Å²) >= 11 is 6.12. The Bertz CT molecular complexity index is 660. The first-order valence-corrected chi connectivity index (χ1v) is 6.92. The molecule has 0 radical (unpaired) electrons. The van der Waals surface area contributed by atoms with E-state index < -0.39 is 5.91 Å². The van der Waals surface area contributed by atoms with E-state index in [1.54, 1.807) is 24.3 Å². The minimum Gasteiger partial charge on any atom is -0.366 e. The minimum atomic E-state index is -0.510. The third-order valence-electron chi connectivity index (χ3n) is 3.28. The van der Waals surface area contributed by atoms with Gasteiger partial charge < -0.3 is 11.1 Å². The van der Waals surface area contributed by atoms with Crippen LogP contribution in [0.1, 0.15) is 34.5 Å². The van der Waals surface area contributed by atoms with Crippen LogP contribution in [0.3, 0.4) is 0 Å². The van der Waals surface area contributed by atoms with Crippen molar-refractivity contribution in [2.75, 3.05) is 0 Å². The average molecular weight is 307 g/mol. The van der Waals surface area contributed by atoms with Crippen LogP contribution >= 0.6 is 11.6 Å². The van der Waals surface area contributed by atoms with Crippen molar-refractivity contribution in [2.24, 2.45) is 5.73 Å². The molecule has 1 atom stereocenters. The van der Waals surface area contributed by atoms with E-state index in [1.165, 1.54) is 12.1 Å². The highest BCUT2D eigenvalue weighted by molar-refractivity contribution is 6.31. The molecular formula is C16H16ClFN2O. The Morgan fingerprint density at radius 2 is 2.10 bits per heavy atom. The molecule has 0 spiro atoms. The van der Waals surface area contributed by atoms with Gasteiger partial charge in [0.15, 0.2) is 0 Å². The Hall–Kier alpha value is -1.91. The molecule has 0 bridgehead atoms. The van der Waals surface area contributed by atoms with Crippen molar-refractivity contribution >= 4 is 17.5 Å². The van der Waals surface area contributed by atoms with Gasteiger partial charge in [0, 0.05) is 23.2 Å². The average Bonchev–Trinajstić information content (AvgIpc) is 2.45. The number of amides is 1. The number of hydrogen-bond donors (Lipinski definition) is 2. The molecule has 0 aliphatic heterocycles. The molecule has 0 saturated heterocycles. The quantitative estimate of drug-likeness (QED) is 0.889. The van der Waals surface area contributed by atoms with Gasteiger partial charge in [0.2, 0.25) is 5.91 Å². The SMILES string of the molecule is C[C@@H](NCc1ccc(C(N)=O)cc1Cl)c1cccc(F)c1. The van der Waals surface area contributed by atoms with Crippen molar-refractivity contribution in [1.82, 2.24) is 5.32 Å². The molecule has 2 aromatic carbocycles. The molecule has 1 amide bonds. The van der Waals surface area contributed by atoms with E-state index in [9.17, 15) is 9.18 Å². The zero-order valence-electron chi connectivity index (χ0n) is 11.6. The molecule has 0 saturated carbocycles. The molecule has 0 aliphatic rings. The van der Waals surface area contributed by atoms with Crippen molar-refractivity contribution in [3.8, 4) is 0 Å². The van der Waals surface area contributed by atoms with E-state index in [-0.39, 0.29) is 11.9 Å². The third-order valence-corrected chi connectivity index (χ3v) is 3.64. The van der Waals surface area contributed by atoms with E-state index >= 15 is 0 Å². The number of nitrogens with one attached hydrogen (secondary N) is 1. The maximum atomic E-state index is 13.2. The van der Waals surface area contributed by atoms with Gasteiger partial charge in [-0.2, -0.15) is 0 Å². The van der Waals surface area contributed by atoms with Crippen LogP contribution in [0, 0.1) is 5.82 Å². The Labute approximate surface area is 127 Å². The molecule has 21 heavy (non-hydrogen) atoms. The number of carbonyl (C=O) groups excluding carboxylic acids is 1. The van der Waals surface area contributed by atoms with E-state index in [0.717, 1.165) is 11.1 Å². The Morgan fingerprint density at radius 1 is 1.33 bits per heavy atom. The topological polar surface area (TPSA) is 55.1 Å². The van der Waals surface area contributed by atoms with Crippen LogP contribution < -0.4 is 11.1 Å². The summed E-state index contributed by atoms with van der Waals surface area (Å²) in [6.45, 7) is 2.45. The highest BCUT2D eigenvalue weighted by Gasteiger charge is 2.09. The van der Waals surface area contributed by atoms with Crippen molar-refractivity contribution in [1.29, 1.82) is 0 Å². The van der Waals surface area contributed by atoms with Gasteiger partial charge in [0.25, 0.3) is 0 Å². The molecule has 5 heteroatoms. The Morgan fingerprint density at radius 3 is 2.71 bits per heavy atom. The summed E-state index contributed by atoms with van der Waals surface area (Å²) in [5.41, 5.74) is 7.29. The van der Waals surface area contributed by atoms with E-state index in [0.29, 0.717) is 17.1 Å². The molecule has 0 aliphatic carbocycles. The molecule has 0 fully saturated rings. The van der Waals surface area contributed by atoms with Crippen LogP contribution in [0.4, 0.5) is 4.39 Å². The number of benzene rings is 2. The minimum absolute atomic E-state index is 0.0208. The summed E-state index contributed by atoms with van der Waals surface area (Å²) in [5.74, 6) is -0.769. The van der Waals surface area contributed by atoms with Crippen LogP contribution in [0.15, 0.2) is 42.5 Å². The summed E-state index contributed by atoms with van der Waals surface area (Å²) in [5, 5.41) is 3.74. The van der Waals surface area contributed by atoms with E-state index in [1.807, 2.05) is 13.0 Å². The van der Waals surface area contributed by atoms with Crippen molar-refractivity contribution in [3.05, 3.63) is 70.0 Å². The van der Waals surface area contributed by atoms with Gasteiger partial charge in [-0.1, -0.05) is 29.8 Å². The Balaban J connectivity index is 2.04. The van der Waals surface area contributed by atoms with Gasteiger partial charge >= 0.3 is 0 Å². The van der Waals surface area contributed by atoms with Gasteiger partial charge in [-0.15, -0.1) is 0 Å². The predicted molar refractivity (Wildman–Crippen MR) is 81.6 cm³/mol. The second-order valence-corrected chi connectivity index (χ2v) is 5.24. The first-order valence-electron chi connectivity index (χ1n) is 6.54. The molecule has 0 heterocycles. The van der Waals surface area contributed by atoms with E-state index in [4.69, 9.17) is 17.3 Å². The number of hydrogen-bond acceptors (Lipinski definition) is 2. The monoisotopic (exact) mass is 306 g/mol. The molecule has 3 N–H and O–H groups in total. The third kappa shape index (κ3) is 4.03. The van der Waals surface area contributed by atoms with Crippen LogP contribution in [0.2, 0.25) is 5.02 Å². The second kappa shape index (κ2) is 6.70. The van der Waals surface area contributed by atoms with Crippen molar-refractivity contribution < 1.29 is 9.18 Å². The lowest BCUT2D eigenvalue weighted by Gasteiger charge is -2.15. The number of primary amides is 1. The fourth-order valence-electron chi connectivity index (χ4n) is 2.00. The van der Waals surface area contributed by atoms with Gasteiger partial charge in [-0.3, -0.25) is 4.79 Å². The van der Waals surface area contributed by atoms with E-state index in [2.05, 4.69) is 5.32 Å². The largest absolute Gasteiger partial charge is 0.366 e. The lowest BCUT2D eigenvalue weighted by atomic mass is 10.1. The van der Waals surface area contributed by atoms with Crippen LogP contribution in [0.25, 0.3) is 0 Å². The van der Waals surface area contributed by atoms with Crippen molar-refractivity contribution in [3.63, 3.8) is 0 Å². The fraction of sp³-hybridized carbons (Fsp3) is 0.188. The molecule has 0 aromatic heterocycles. The first kappa shape index (κ1) is 15.5. The lowest BCUT2D eigenvalue weighted by molar-refractivity contribution is 0.100. The zero-order chi connectivity index (χ0) is 15.4. The van der Waals surface area contributed by atoms with Crippen LogP contribution in [-0.2, 0) is 6.54 Å². The molecule has 3 nitrogen and oxygen atoms in total. The second-order valence-electron chi connectivity index (χ2n) is 4.83. The fourth-order valence-corrected chi connectivity index (χ4v) is 2.25. The smallest absolute Gasteiger partial charge is 0.248 e. The summed E-state index contributed by atoms with van der Waals surface area (Å²) < 4.78 is 13.2. The van der Waals surface area contributed by atoms with Crippen LogP contribution in [-0.4, -0.2) is 5.91 Å². The first-order chi connectivity index (χ1) is 9.97. The highest BCUT2D eigenvalue weighted by Crippen LogP contribution is 2.20. The summed E-state index contributed by atoms with van der Waals surface area (Å²) in [6, 6.07) is 11.4. The number of rotatable bonds is 5. The summed E-state index contributed by atoms with van der Waals surface area (Å²) in [7, 11) is 0. The summed E-state index contributed by atoms with van der Waals surface area (Å²) in [4.78, 5) is 11.1. The number of halogens is 2. The number of nitrogens with two attached hydrogens (primary N) is 1. The van der Waals surface area contributed by atoms with Crippen molar-refractivity contribution in [2.45, 2.75) is 19.5 Å². The standard InChI is InChI=1S/C16H16ClFN2O/c1-10(11-3-2-4-14(18)7-11)20-9-13-6-5-12(16(19)21)8-15(13)17/h2-8,10,20H,9H2,1H3,(H2,19,21)/t10-/m1/s1. The maximum Gasteiger partial charge on any atom is 0.248 e. The van der Waals surface area contributed by atoms with Gasteiger partial charge in [-0.05, 0) is 42.3 Å². The van der Waals surface area contributed by atoms with Crippen LogP contribution in [0.5, 0.6) is 0 Å². The highest BCUT2D eigenvalue weighted by atomic mass is 35.5.